The Kier molecular flexibility index (Phi) is 36.9. The Hall–Kier alpha value is -0.570. The maximum atomic E-state index is 10.3. The molecular formula is C34H70O3. The van der Waals surface area contributed by atoms with Gasteiger partial charge in [-0.25, -0.2) is 0 Å². The first-order valence-electron chi connectivity index (χ1n) is 16.9. The molecule has 0 aromatic heterocycles. The molecule has 2 N–H and O–H groups in total. The van der Waals surface area contributed by atoms with Gasteiger partial charge in [-0.2, -0.15) is 0 Å². The Morgan fingerprint density at radius 1 is 0.486 bits per heavy atom. The van der Waals surface area contributed by atoms with E-state index in [9.17, 15) is 4.79 Å². The molecule has 0 aromatic rings. The van der Waals surface area contributed by atoms with Crippen LogP contribution >= 0.6 is 0 Å². The van der Waals surface area contributed by atoms with Crippen molar-refractivity contribution < 1.29 is 15.0 Å². The van der Waals surface area contributed by atoms with E-state index in [0.717, 1.165) is 25.2 Å². The quantitative estimate of drug-likeness (QED) is 0.0952. The lowest BCUT2D eigenvalue weighted by molar-refractivity contribution is -0.137. The molecule has 3 heteroatoms. The van der Waals surface area contributed by atoms with E-state index in [1.54, 1.807) is 0 Å². The van der Waals surface area contributed by atoms with E-state index in [-0.39, 0.29) is 0 Å². The fourth-order valence-electron chi connectivity index (χ4n) is 4.90. The highest BCUT2D eigenvalue weighted by molar-refractivity contribution is 5.66. The lowest BCUT2D eigenvalue weighted by Crippen LogP contribution is -1.93. The van der Waals surface area contributed by atoms with Crippen LogP contribution in [0.25, 0.3) is 0 Å². The summed E-state index contributed by atoms with van der Waals surface area (Å²) in [5.41, 5.74) is 0. The van der Waals surface area contributed by atoms with Gasteiger partial charge in [0.1, 0.15) is 0 Å². The molecular weight excluding hydrogens is 456 g/mol. The first-order valence-corrected chi connectivity index (χ1v) is 16.9. The van der Waals surface area contributed by atoms with E-state index in [1.165, 1.54) is 154 Å². The topological polar surface area (TPSA) is 57.5 Å². The van der Waals surface area contributed by atoms with Gasteiger partial charge in [-0.3, -0.25) is 4.79 Å². The normalized spacial score (nSPS) is 11.1. The van der Waals surface area contributed by atoms with Gasteiger partial charge in [0.25, 0.3) is 0 Å². The average molecular weight is 527 g/mol. The molecule has 0 atom stereocenters. The second kappa shape index (κ2) is 35.4. The predicted molar refractivity (Wildman–Crippen MR) is 165 cm³/mol. The highest BCUT2D eigenvalue weighted by Crippen LogP contribution is 2.15. The molecule has 224 valence electrons. The van der Waals surface area contributed by atoms with E-state index in [1.807, 2.05) is 0 Å². The maximum Gasteiger partial charge on any atom is 0.303 e. The largest absolute Gasteiger partial charge is 0.481 e. The summed E-state index contributed by atoms with van der Waals surface area (Å²) >= 11 is 0. The van der Waals surface area contributed by atoms with Crippen molar-refractivity contribution in [3.05, 3.63) is 0 Å². The van der Waals surface area contributed by atoms with E-state index >= 15 is 0 Å². The van der Waals surface area contributed by atoms with Crippen molar-refractivity contribution in [3.8, 4) is 0 Å². The maximum absolute atomic E-state index is 10.3. The molecule has 0 amide bonds. The molecule has 0 saturated carbocycles. The summed E-state index contributed by atoms with van der Waals surface area (Å²) in [6.07, 6.45) is 36.5. The van der Waals surface area contributed by atoms with Crippen LogP contribution in [0.2, 0.25) is 0 Å². The summed E-state index contributed by atoms with van der Waals surface area (Å²) in [5, 5.41) is 17.2. The van der Waals surface area contributed by atoms with Crippen molar-refractivity contribution in [1.29, 1.82) is 0 Å². The first kappa shape index (κ1) is 38.6. The summed E-state index contributed by atoms with van der Waals surface area (Å²) in [5.74, 6) is 0.232. The molecule has 0 aliphatic heterocycles. The Bertz CT molecular complexity index is 408. The number of carbonyl (C=O) groups is 1. The number of carboxylic acid groups (broad SMARTS) is 1. The first-order chi connectivity index (χ1) is 18.0. The standard InChI is InChI=1S/C18H38O.C16H32O2/c1-18(2)16-14-12-10-8-6-4-3-5-7-9-11-13-15-17-19;1-2-3-4-5-6-7-8-9-10-11-12-13-14-15-16(17)18/h18-19H,3-17H2,1-2H3;2-15H2,1H3,(H,17,18). The van der Waals surface area contributed by atoms with Gasteiger partial charge in [-0.1, -0.05) is 181 Å². The number of aliphatic hydroxyl groups excluding tert-OH is 1. The van der Waals surface area contributed by atoms with Crippen LogP contribution in [0.3, 0.4) is 0 Å². The minimum absolute atomic E-state index is 0.345. The zero-order valence-corrected chi connectivity index (χ0v) is 25.9. The van der Waals surface area contributed by atoms with Gasteiger partial charge in [0.2, 0.25) is 0 Å². The van der Waals surface area contributed by atoms with Crippen LogP contribution in [0.5, 0.6) is 0 Å². The third-order valence-electron chi connectivity index (χ3n) is 7.43. The van der Waals surface area contributed by atoms with Crippen LogP contribution in [-0.2, 0) is 4.79 Å². The third-order valence-corrected chi connectivity index (χ3v) is 7.43. The van der Waals surface area contributed by atoms with Gasteiger partial charge >= 0.3 is 5.97 Å². The molecule has 3 nitrogen and oxygen atoms in total. The molecule has 0 unspecified atom stereocenters. The molecule has 0 bridgehead atoms. The monoisotopic (exact) mass is 527 g/mol. The lowest BCUT2D eigenvalue weighted by atomic mass is 10.0. The molecule has 0 aromatic carbocycles. The Morgan fingerprint density at radius 2 is 0.784 bits per heavy atom. The number of hydrogen-bond donors (Lipinski definition) is 2. The summed E-state index contributed by atoms with van der Waals surface area (Å²) in [7, 11) is 0. The molecule has 0 fully saturated rings. The molecule has 0 aliphatic rings. The summed E-state index contributed by atoms with van der Waals surface area (Å²) in [6.45, 7) is 7.28. The van der Waals surface area contributed by atoms with Gasteiger partial charge in [0.05, 0.1) is 0 Å². The average Bonchev–Trinajstić information content (AvgIpc) is 2.87. The third kappa shape index (κ3) is 42.8. The van der Waals surface area contributed by atoms with Crippen molar-refractivity contribution in [1.82, 2.24) is 0 Å². The fourth-order valence-corrected chi connectivity index (χ4v) is 4.90. The minimum Gasteiger partial charge on any atom is -0.481 e. The van der Waals surface area contributed by atoms with Crippen molar-refractivity contribution in [2.75, 3.05) is 6.61 Å². The van der Waals surface area contributed by atoms with Crippen LogP contribution < -0.4 is 0 Å². The number of unbranched alkanes of at least 4 members (excludes halogenated alkanes) is 24. The van der Waals surface area contributed by atoms with Gasteiger partial charge in [-0.05, 0) is 18.8 Å². The summed E-state index contributed by atoms with van der Waals surface area (Å²) < 4.78 is 0. The van der Waals surface area contributed by atoms with Gasteiger partial charge < -0.3 is 10.2 Å². The van der Waals surface area contributed by atoms with Crippen molar-refractivity contribution in [2.45, 2.75) is 201 Å². The molecule has 0 rings (SSSR count). The van der Waals surface area contributed by atoms with E-state index in [4.69, 9.17) is 10.2 Å². The predicted octanol–water partition coefficient (Wildman–Crippen LogP) is 11.6. The Balaban J connectivity index is 0. The number of aliphatic hydroxyl groups is 1. The van der Waals surface area contributed by atoms with Gasteiger partial charge in [-0.15, -0.1) is 0 Å². The minimum atomic E-state index is -0.655. The number of rotatable bonds is 29. The van der Waals surface area contributed by atoms with E-state index in [2.05, 4.69) is 20.8 Å². The highest BCUT2D eigenvalue weighted by Gasteiger charge is 1.97. The van der Waals surface area contributed by atoms with E-state index in [0.29, 0.717) is 13.0 Å². The number of hydrogen-bond acceptors (Lipinski definition) is 2. The highest BCUT2D eigenvalue weighted by atomic mass is 16.4. The van der Waals surface area contributed by atoms with Crippen LogP contribution in [0.15, 0.2) is 0 Å². The van der Waals surface area contributed by atoms with Crippen molar-refractivity contribution in [3.63, 3.8) is 0 Å². The molecule has 0 radical (unpaired) electrons. The van der Waals surface area contributed by atoms with Gasteiger partial charge in [0.15, 0.2) is 0 Å². The van der Waals surface area contributed by atoms with E-state index < -0.39 is 5.97 Å². The lowest BCUT2D eigenvalue weighted by Gasteiger charge is -2.04. The Morgan fingerprint density at radius 3 is 1.08 bits per heavy atom. The number of carboxylic acids is 1. The SMILES string of the molecule is CC(C)CCCCCCCCCCCCCCCO.CCCCCCCCCCCCCCCC(=O)O. The number of aliphatic carboxylic acids is 1. The summed E-state index contributed by atoms with van der Waals surface area (Å²) in [4.78, 5) is 10.3. The molecule has 0 spiro atoms. The molecule has 0 heterocycles. The zero-order valence-electron chi connectivity index (χ0n) is 25.9. The summed E-state index contributed by atoms with van der Waals surface area (Å²) in [6, 6.07) is 0. The second-order valence-corrected chi connectivity index (χ2v) is 11.9. The molecule has 37 heavy (non-hydrogen) atoms. The fraction of sp³-hybridized carbons (Fsp3) is 0.971. The van der Waals surface area contributed by atoms with Crippen LogP contribution in [0.4, 0.5) is 0 Å². The molecule has 0 aliphatic carbocycles. The molecule has 0 saturated heterocycles. The second-order valence-electron chi connectivity index (χ2n) is 11.9. The van der Waals surface area contributed by atoms with Crippen molar-refractivity contribution in [2.24, 2.45) is 5.92 Å². The van der Waals surface area contributed by atoms with Crippen LogP contribution in [-0.4, -0.2) is 22.8 Å². The van der Waals surface area contributed by atoms with Crippen LogP contribution in [0.1, 0.15) is 201 Å². The van der Waals surface area contributed by atoms with Crippen molar-refractivity contribution >= 4 is 5.97 Å². The van der Waals surface area contributed by atoms with Crippen LogP contribution in [0, 0.1) is 5.92 Å². The smallest absolute Gasteiger partial charge is 0.303 e. The Labute approximate surface area is 234 Å². The zero-order chi connectivity index (χ0) is 27.7. The van der Waals surface area contributed by atoms with Gasteiger partial charge in [0, 0.05) is 13.0 Å².